The second kappa shape index (κ2) is 6.87. The summed E-state index contributed by atoms with van der Waals surface area (Å²) in [5.41, 5.74) is 0. The van der Waals surface area contributed by atoms with E-state index in [-0.39, 0.29) is 5.75 Å². The van der Waals surface area contributed by atoms with E-state index in [0.29, 0.717) is 38.5 Å². The van der Waals surface area contributed by atoms with Gasteiger partial charge in [0, 0.05) is 19.8 Å². The van der Waals surface area contributed by atoms with Gasteiger partial charge in [-0.25, -0.2) is 8.42 Å². The number of carboxylic acids is 1. The summed E-state index contributed by atoms with van der Waals surface area (Å²) in [6.07, 6.45) is 4.36. The molecule has 1 N–H and O–H groups in total. The first-order valence-corrected chi connectivity index (χ1v) is 8.91. The molecule has 1 unspecified atom stereocenters. The van der Waals surface area contributed by atoms with E-state index in [9.17, 15) is 13.2 Å². The summed E-state index contributed by atoms with van der Waals surface area (Å²) in [5.74, 6) is -0.590. The Hall–Kier alpha value is -0.660. The maximum absolute atomic E-state index is 12.4. The Kier molecular flexibility index (Phi) is 5.40. The average molecular weight is 305 g/mol. The average Bonchev–Trinajstić information content (AvgIpc) is 2.46. The Balaban J connectivity index is 1.95. The number of carboxylic acid groups (broad SMARTS) is 1. The van der Waals surface area contributed by atoms with Gasteiger partial charge in [-0.2, -0.15) is 4.31 Å². The number of nitrogens with zero attached hydrogens (tertiary/aromatic N) is 1. The SMILES string of the molecule is O=C(O)C1CCCCN1S(=O)(=O)CCC1CCOCC1. The molecule has 0 radical (unpaired) electrons. The monoisotopic (exact) mass is 305 g/mol. The molecule has 2 aliphatic heterocycles. The van der Waals surface area contributed by atoms with Gasteiger partial charge in [-0.15, -0.1) is 0 Å². The number of ether oxygens (including phenoxy) is 1. The molecule has 0 aromatic carbocycles. The van der Waals surface area contributed by atoms with E-state index in [2.05, 4.69) is 0 Å². The van der Waals surface area contributed by atoms with Crippen molar-refractivity contribution in [1.82, 2.24) is 4.31 Å². The van der Waals surface area contributed by atoms with Crippen LogP contribution in [0.4, 0.5) is 0 Å². The molecule has 2 aliphatic rings. The molecular weight excluding hydrogens is 282 g/mol. The molecule has 0 aromatic heterocycles. The van der Waals surface area contributed by atoms with Gasteiger partial charge in [0.2, 0.25) is 10.0 Å². The van der Waals surface area contributed by atoms with Crippen molar-refractivity contribution in [3.05, 3.63) is 0 Å². The summed E-state index contributed by atoms with van der Waals surface area (Å²) in [5, 5.41) is 9.17. The van der Waals surface area contributed by atoms with Crippen LogP contribution in [0.5, 0.6) is 0 Å². The molecule has 0 spiro atoms. The van der Waals surface area contributed by atoms with Gasteiger partial charge in [0.15, 0.2) is 0 Å². The van der Waals surface area contributed by atoms with Crippen LogP contribution >= 0.6 is 0 Å². The molecule has 1 atom stereocenters. The van der Waals surface area contributed by atoms with E-state index < -0.39 is 22.0 Å². The van der Waals surface area contributed by atoms with Crippen LogP contribution in [0, 0.1) is 5.92 Å². The first-order chi connectivity index (χ1) is 9.50. The first-order valence-electron chi connectivity index (χ1n) is 7.31. The fraction of sp³-hybridized carbons (Fsp3) is 0.923. The first kappa shape index (κ1) is 15.7. The number of sulfonamides is 1. The molecule has 2 rings (SSSR count). The molecule has 20 heavy (non-hydrogen) atoms. The van der Waals surface area contributed by atoms with Crippen LogP contribution in [-0.4, -0.2) is 55.4 Å². The molecule has 0 aromatic rings. The number of aliphatic carboxylic acids is 1. The van der Waals surface area contributed by atoms with Crippen molar-refractivity contribution in [2.45, 2.75) is 44.6 Å². The summed E-state index contributed by atoms with van der Waals surface area (Å²) >= 11 is 0. The molecule has 0 bridgehead atoms. The topological polar surface area (TPSA) is 83.9 Å². The third-order valence-corrected chi connectivity index (χ3v) is 6.12. The second-order valence-corrected chi connectivity index (χ2v) is 7.66. The lowest BCUT2D eigenvalue weighted by Crippen LogP contribution is -2.48. The summed E-state index contributed by atoms with van der Waals surface area (Å²) in [7, 11) is -3.47. The van der Waals surface area contributed by atoms with Gasteiger partial charge in [0.05, 0.1) is 5.75 Å². The third-order valence-electron chi connectivity index (χ3n) is 4.22. The van der Waals surface area contributed by atoms with E-state index in [1.807, 2.05) is 0 Å². The molecule has 2 saturated heterocycles. The smallest absolute Gasteiger partial charge is 0.322 e. The largest absolute Gasteiger partial charge is 0.480 e. The highest BCUT2D eigenvalue weighted by Crippen LogP contribution is 2.24. The van der Waals surface area contributed by atoms with Crippen LogP contribution in [0.2, 0.25) is 0 Å². The molecule has 116 valence electrons. The quantitative estimate of drug-likeness (QED) is 0.821. The van der Waals surface area contributed by atoms with Gasteiger partial charge in [-0.3, -0.25) is 4.79 Å². The predicted molar refractivity (Wildman–Crippen MR) is 73.9 cm³/mol. The van der Waals surface area contributed by atoms with Crippen molar-refractivity contribution in [1.29, 1.82) is 0 Å². The van der Waals surface area contributed by atoms with Crippen molar-refractivity contribution in [2.24, 2.45) is 5.92 Å². The number of hydrogen-bond donors (Lipinski definition) is 1. The fourth-order valence-electron chi connectivity index (χ4n) is 2.95. The second-order valence-electron chi connectivity index (χ2n) is 5.62. The molecule has 7 heteroatoms. The minimum Gasteiger partial charge on any atom is -0.480 e. The highest BCUT2D eigenvalue weighted by molar-refractivity contribution is 7.89. The van der Waals surface area contributed by atoms with Gasteiger partial charge in [0.25, 0.3) is 0 Å². The zero-order valence-electron chi connectivity index (χ0n) is 11.7. The zero-order chi connectivity index (χ0) is 14.6. The molecule has 0 aliphatic carbocycles. The molecule has 2 heterocycles. The van der Waals surface area contributed by atoms with Crippen LogP contribution in [0.25, 0.3) is 0 Å². The van der Waals surface area contributed by atoms with Crippen molar-refractivity contribution in [2.75, 3.05) is 25.5 Å². The van der Waals surface area contributed by atoms with Crippen LogP contribution in [0.15, 0.2) is 0 Å². The number of rotatable bonds is 5. The van der Waals surface area contributed by atoms with Crippen molar-refractivity contribution in [3.63, 3.8) is 0 Å². The molecular formula is C13H23NO5S. The number of carbonyl (C=O) groups is 1. The Morgan fingerprint density at radius 3 is 2.55 bits per heavy atom. The Morgan fingerprint density at radius 2 is 1.90 bits per heavy atom. The third kappa shape index (κ3) is 3.93. The van der Waals surface area contributed by atoms with E-state index in [1.165, 1.54) is 4.31 Å². The van der Waals surface area contributed by atoms with E-state index in [1.54, 1.807) is 0 Å². The minimum absolute atomic E-state index is 0.0570. The van der Waals surface area contributed by atoms with Crippen molar-refractivity contribution in [3.8, 4) is 0 Å². The van der Waals surface area contributed by atoms with E-state index >= 15 is 0 Å². The van der Waals surface area contributed by atoms with Crippen LogP contribution in [0.1, 0.15) is 38.5 Å². The lowest BCUT2D eigenvalue weighted by atomic mass is 9.98. The van der Waals surface area contributed by atoms with Crippen molar-refractivity contribution >= 4 is 16.0 Å². The Labute approximate surface area is 120 Å². The highest BCUT2D eigenvalue weighted by Gasteiger charge is 2.36. The summed E-state index contributed by atoms with van der Waals surface area (Å²) in [6.45, 7) is 1.74. The van der Waals surface area contributed by atoms with Crippen LogP contribution in [0.3, 0.4) is 0 Å². The standard InChI is InChI=1S/C13H23NO5S/c15-13(16)12-3-1-2-7-14(12)20(17,18)10-6-11-4-8-19-9-5-11/h11-12H,1-10H2,(H,15,16). The number of piperidine rings is 1. The molecule has 0 saturated carbocycles. The summed E-state index contributed by atoms with van der Waals surface area (Å²) < 4.78 is 31.2. The van der Waals surface area contributed by atoms with Crippen LogP contribution in [-0.2, 0) is 19.6 Å². The summed E-state index contributed by atoms with van der Waals surface area (Å²) in [6, 6.07) is -0.872. The van der Waals surface area contributed by atoms with Crippen molar-refractivity contribution < 1.29 is 23.1 Å². The van der Waals surface area contributed by atoms with Gasteiger partial charge in [0.1, 0.15) is 6.04 Å². The van der Waals surface area contributed by atoms with Gasteiger partial charge in [-0.05, 0) is 44.4 Å². The van der Waals surface area contributed by atoms with Gasteiger partial charge < -0.3 is 9.84 Å². The highest BCUT2D eigenvalue weighted by atomic mass is 32.2. The zero-order valence-corrected chi connectivity index (χ0v) is 12.5. The fourth-order valence-corrected chi connectivity index (χ4v) is 4.81. The molecule has 6 nitrogen and oxygen atoms in total. The molecule has 0 amide bonds. The Morgan fingerprint density at radius 1 is 1.20 bits per heavy atom. The minimum atomic E-state index is -3.47. The molecule has 2 fully saturated rings. The predicted octanol–water partition coefficient (Wildman–Crippen LogP) is 1.07. The normalized spacial score (nSPS) is 26.5. The lowest BCUT2D eigenvalue weighted by Gasteiger charge is -2.32. The van der Waals surface area contributed by atoms with Gasteiger partial charge in [-0.1, -0.05) is 0 Å². The van der Waals surface area contributed by atoms with Crippen LogP contribution < -0.4 is 0 Å². The maximum Gasteiger partial charge on any atom is 0.322 e. The van der Waals surface area contributed by atoms with E-state index in [0.717, 1.165) is 25.7 Å². The lowest BCUT2D eigenvalue weighted by molar-refractivity contribution is -0.142. The van der Waals surface area contributed by atoms with Gasteiger partial charge >= 0.3 is 5.97 Å². The maximum atomic E-state index is 12.4. The Bertz CT molecular complexity index is 430. The number of hydrogen-bond acceptors (Lipinski definition) is 4. The van der Waals surface area contributed by atoms with E-state index in [4.69, 9.17) is 9.84 Å². The summed E-state index contributed by atoms with van der Waals surface area (Å²) in [4.78, 5) is 11.2.